The van der Waals surface area contributed by atoms with Gasteiger partial charge in [0.15, 0.2) is 12.4 Å². The van der Waals surface area contributed by atoms with Crippen LogP contribution in [0.4, 0.5) is 11.4 Å². The van der Waals surface area contributed by atoms with Crippen LogP contribution in [0.3, 0.4) is 0 Å². The van der Waals surface area contributed by atoms with Crippen LogP contribution in [0.1, 0.15) is 12.5 Å². The SMILES string of the molecule is Cc1ccc(NC(=O)CS[C@H](C)C(=O)N2CCN(c3cc[nH+]cc3)CC2)cc1. The maximum Gasteiger partial charge on any atom is 0.235 e. The van der Waals surface area contributed by atoms with Crippen molar-refractivity contribution < 1.29 is 14.6 Å². The standard InChI is InChI=1S/C21H26N4O2S/c1-16-3-5-18(6-4-16)23-20(26)15-28-17(2)21(27)25-13-11-24(12-14-25)19-7-9-22-10-8-19/h3-10,17H,11-15H2,1-2H3,(H,23,26)/p+1/t17-/m1/s1. The number of piperazine rings is 1. The Hall–Kier alpha value is -2.54. The van der Waals surface area contributed by atoms with Crippen LogP contribution in [0.5, 0.6) is 0 Å². The van der Waals surface area contributed by atoms with Gasteiger partial charge in [0.05, 0.1) is 11.0 Å². The molecule has 7 heteroatoms. The second-order valence-electron chi connectivity index (χ2n) is 6.94. The molecule has 2 N–H and O–H groups in total. The number of benzene rings is 1. The Labute approximate surface area is 170 Å². The molecular weight excluding hydrogens is 372 g/mol. The van der Waals surface area contributed by atoms with E-state index in [0.29, 0.717) is 13.1 Å². The number of aromatic nitrogens is 1. The van der Waals surface area contributed by atoms with Crippen LogP contribution in [0.15, 0.2) is 48.8 Å². The first-order valence-electron chi connectivity index (χ1n) is 9.51. The van der Waals surface area contributed by atoms with Crippen molar-refractivity contribution in [3.05, 3.63) is 54.4 Å². The van der Waals surface area contributed by atoms with Gasteiger partial charge in [-0.15, -0.1) is 11.8 Å². The van der Waals surface area contributed by atoms with Crippen molar-refractivity contribution in [2.24, 2.45) is 0 Å². The fourth-order valence-electron chi connectivity index (χ4n) is 3.14. The highest BCUT2D eigenvalue weighted by molar-refractivity contribution is 8.01. The number of aromatic amines is 1. The van der Waals surface area contributed by atoms with E-state index in [1.807, 2.05) is 67.5 Å². The molecule has 1 aromatic heterocycles. The fraction of sp³-hybridized carbons (Fsp3) is 0.381. The van der Waals surface area contributed by atoms with Gasteiger partial charge in [-0.1, -0.05) is 17.7 Å². The number of nitrogens with zero attached hydrogens (tertiary/aromatic N) is 2. The van der Waals surface area contributed by atoms with Gasteiger partial charge in [-0.3, -0.25) is 9.59 Å². The van der Waals surface area contributed by atoms with Gasteiger partial charge in [0.2, 0.25) is 11.8 Å². The lowest BCUT2D eigenvalue weighted by atomic mass is 10.2. The average molecular weight is 400 g/mol. The van der Waals surface area contributed by atoms with E-state index in [-0.39, 0.29) is 22.8 Å². The van der Waals surface area contributed by atoms with Crippen LogP contribution in [0, 0.1) is 6.92 Å². The summed E-state index contributed by atoms with van der Waals surface area (Å²) in [6.07, 6.45) is 3.82. The molecule has 148 valence electrons. The lowest BCUT2D eigenvalue weighted by Gasteiger charge is -2.36. The van der Waals surface area contributed by atoms with E-state index in [2.05, 4.69) is 15.2 Å². The maximum atomic E-state index is 12.7. The largest absolute Gasteiger partial charge is 0.368 e. The maximum absolute atomic E-state index is 12.7. The molecule has 0 aliphatic carbocycles. The Morgan fingerprint density at radius 2 is 1.71 bits per heavy atom. The van der Waals surface area contributed by atoms with E-state index in [9.17, 15) is 9.59 Å². The van der Waals surface area contributed by atoms with Gasteiger partial charge in [-0.25, -0.2) is 4.98 Å². The number of H-pyrrole nitrogens is 1. The number of carbonyl (C=O) groups excluding carboxylic acids is 2. The van der Waals surface area contributed by atoms with Crippen molar-refractivity contribution in [3.63, 3.8) is 0 Å². The topological polar surface area (TPSA) is 66.8 Å². The van der Waals surface area contributed by atoms with E-state index in [1.165, 1.54) is 17.4 Å². The zero-order valence-corrected chi connectivity index (χ0v) is 17.2. The highest BCUT2D eigenvalue weighted by Crippen LogP contribution is 2.18. The summed E-state index contributed by atoms with van der Waals surface area (Å²) in [5, 5.41) is 2.64. The second-order valence-corrected chi connectivity index (χ2v) is 8.27. The van der Waals surface area contributed by atoms with Crippen LogP contribution in [-0.2, 0) is 9.59 Å². The fourth-order valence-corrected chi connectivity index (χ4v) is 3.90. The van der Waals surface area contributed by atoms with Crippen LogP contribution in [0.25, 0.3) is 0 Å². The molecule has 0 unspecified atom stereocenters. The Morgan fingerprint density at radius 1 is 1.07 bits per heavy atom. The van der Waals surface area contributed by atoms with Crippen molar-refractivity contribution >= 4 is 35.0 Å². The van der Waals surface area contributed by atoms with E-state index < -0.39 is 0 Å². The van der Waals surface area contributed by atoms with Crippen LogP contribution < -0.4 is 15.2 Å². The number of pyridine rings is 1. The summed E-state index contributed by atoms with van der Waals surface area (Å²) in [5.74, 6) is 0.287. The zero-order valence-electron chi connectivity index (χ0n) is 16.4. The van der Waals surface area contributed by atoms with Crippen molar-refractivity contribution in [1.29, 1.82) is 0 Å². The number of aryl methyl sites for hydroxylation is 1. The summed E-state index contributed by atoms with van der Waals surface area (Å²) in [6.45, 7) is 6.94. The molecule has 1 aromatic carbocycles. The molecule has 2 amide bonds. The average Bonchev–Trinajstić information content (AvgIpc) is 2.74. The first kappa shape index (κ1) is 20.2. The van der Waals surface area contributed by atoms with E-state index in [0.717, 1.165) is 24.3 Å². The number of nitrogens with one attached hydrogen (secondary N) is 2. The van der Waals surface area contributed by atoms with Crippen molar-refractivity contribution in [2.75, 3.05) is 42.1 Å². The molecule has 28 heavy (non-hydrogen) atoms. The van der Waals surface area contributed by atoms with Gasteiger partial charge in [0, 0.05) is 49.7 Å². The Kier molecular flexibility index (Phi) is 6.92. The molecule has 0 saturated carbocycles. The van der Waals surface area contributed by atoms with E-state index >= 15 is 0 Å². The predicted octanol–water partition coefficient (Wildman–Crippen LogP) is 2.22. The second kappa shape index (κ2) is 9.59. The molecule has 2 aromatic rings. The van der Waals surface area contributed by atoms with Crippen molar-refractivity contribution in [3.8, 4) is 0 Å². The van der Waals surface area contributed by atoms with Gasteiger partial charge >= 0.3 is 0 Å². The van der Waals surface area contributed by atoms with Gasteiger partial charge < -0.3 is 15.1 Å². The molecule has 0 radical (unpaired) electrons. The predicted molar refractivity (Wildman–Crippen MR) is 114 cm³/mol. The monoisotopic (exact) mass is 399 g/mol. The molecule has 6 nitrogen and oxygen atoms in total. The van der Waals surface area contributed by atoms with Gasteiger partial charge in [0.1, 0.15) is 0 Å². The van der Waals surface area contributed by atoms with Crippen LogP contribution in [0.2, 0.25) is 0 Å². The summed E-state index contributed by atoms with van der Waals surface area (Å²) in [4.78, 5) is 32.0. The highest BCUT2D eigenvalue weighted by Gasteiger charge is 2.25. The van der Waals surface area contributed by atoms with E-state index in [4.69, 9.17) is 0 Å². The zero-order chi connectivity index (χ0) is 19.9. The molecular formula is C21H27N4O2S+. The van der Waals surface area contributed by atoms with Crippen LogP contribution >= 0.6 is 11.8 Å². The third kappa shape index (κ3) is 5.48. The summed E-state index contributed by atoms with van der Waals surface area (Å²) in [5.41, 5.74) is 3.10. The van der Waals surface area contributed by atoms with Gasteiger partial charge in [0.25, 0.3) is 0 Å². The number of hydrogen-bond donors (Lipinski definition) is 1. The molecule has 1 saturated heterocycles. The third-order valence-corrected chi connectivity index (χ3v) is 5.94. The lowest BCUT2D eigenvalue weighted by Crippen LogP contribution is -2.50. The third-order valence-electron chi connectivity index (χ3n) is 4.80. The smallest absolute Gasteiger partial charge is 0.235 e. The summed E-state index contributed by atoms with van der Waals surface area (Å²) in [7, 11) is 0. The minimum absolute atomic E-state index is 0.0841. The number of anilines is 2. The normalized spacial score (nSPS) is 15.2. The minimum atomic E-state index is -0.235. The molecule has 1 fully saturated rings. The van der Waals surface area contributed by atoms with Gasteiger partial charge in [-0.2, -0.15) is 0 Å². The van der Waals surface area contributed by atoms with Crippen LogP contribution in [-0.4, -0.2) is 53.9 Å². The molecule has 1 aliphatic heterocycles. The number of carbonyl (C=O) groups is 2. The summed E-state index contributed by atoms with van der Waals surface area (Å²) >= 11 is 1.38. The summed E-state index contributed by atoms with van der Waals surface area (Å²) in [6, 6.07) is 11.8. The lowest BCUT2D eigenvalue weighted by molar-refractivity contribution is -0.377. The minimum Gasteiger partial charge on any atom is -0.368 e. The molecule has 1 atom stereocenters. The first-order chi connectivity index (χ1) is 13.5. The Balaban J connectivity index is 1.42. The van der Waals surface area contributed by atoms with Crippen molar-refractivity contribution in [2.45, 2.75) is 19.1 Å². The molecule has 2 heterocycles. The molecule has 0 spiro atoms. The summed E-state index contributed by atoms with van der Waals surface area (Å²) < 4.78 is 0. The Morgan fingerprint density at radius 3 is 2.36 bits per heavy atom. The molecule has 0 bridgehead atoms. The number of amides is 2. The Bertz CT molecular complexity index is 790. The molecule has 1 aliphatic rings. The first-order valence-corrected chi connectivity index (χ1v) is 10.6. The van der Waals surface area contributed by atoms with Gasteiger partial charge in [-0.05, 0) is 26.0 Å². The number of hydrogen-bond acceptors (Lipinski definition) is 4. The highest BCUT2D eigenvalue weighted by atomic mass is 32.2. The van der Waals surface area contributed by atoms with Crippen molar-refractivity contribution in [1.82, 2.24) is 4.90 Å². The van der Waals surface area contributed by atoms with E-state index in [1.54, 1.807) is 0 Å². The number of rotatable bonds is 6. The molecule has 3 rings (SSSR count). The number of thioether (sulfide) groups is 1. The quantitative estimate of drug-likeness (QED) is 0.809.